The first-order valence-electron chi connectivity index (χ1n) is 11.1. The van der Waals surface area contributed by atoms with Gasteiger partial charge in [-0.05, 0) is 48.9 Å². The second kappa shape index (κ2) is 9.27. The zero-order valence-electron chi connectivity index (χ0n) is 19.8. The van der Waals surface area contributed by atoms with Crippen LogP contribution in [0.25, 0.3) is 27.7 Å². The lowest BCUT2D eigenvalue weighted by Crippen LogP contribution is -2.22. The number of halogens is 3. The van der Waals surface area contributed by atoms with Crippen LogP contribution >= 0.6 is 0 Å². The van der Waals surface area contributed by atoms with Crippen molar-refractivity contribution in [2.45, 2.75) is 39.3 Å². The fourth-order valence-corrected chi connectivity index (χ4v) is 4.65. The molecule has 0 atom stereocenters. The van der Waals surface area contributed by atoms with Gasteiger partial charge in [-0.1, -0.05) is 26.2 Å². The van der Waals surface area contributed by atoms with E-state index >= 15 is 0 Å². The van der Waals surface area contributed by atoms with Crippen molar-refractivity contribution in [2.24, 2.45) is 0 Å². The highest BCUT2D eigenvalue weighted by atomic mass is 28.3. The molecule has 0 aliphatic heterocycles. The van der Waals surface area contributed by atoms with Gasteiger partial charge in [-0.25, -0.2) is 18.2 Å². The monoisotopic (exact) mass is 483 g/mol. The summed E-state index contributed by atoms with van der Waals surface area (Å²) in [5, 5.41) is 0.349. The van der Waals surface area contributed by atoms with Crippen LogP contribution in [0.1, 0.15) is 17.0 Å². The maximum Gasteiger partial charge on any atom is 0.150 e. The largest absolute Gasteiger partial charge is 0.361 e. The molecule has 0 unspecified atom stereocenters. The zero-order chi connectivity index (χ0) is 24.6. The van der Waals surface area contributed by atoms with Crippen LogP contribution in [0.4, 0.5) is 13.2 Å². The average Bonchev–Trinajstić information content (AvgIpc) is 3.31. The van der Waals surface area contributed by atoms with Gasteiger partial charge in [0, 0.05) is 43.0 Å². The standard InChI is InChI=1S/C26H28F3N3OSi/c1-16(24-17(2)32(14-30-24)15-33-10-11-34(3,4)5)23-21-12-20(28)13-22(29)26(21)31-25(23)18-6-8-19(27)9-7-18/h6-9,12-14,31H,1,10-11,15H2,2-5H3. The van der Waals surface area contributed by atoms with E-state index < -0.39 is 19.7 Å². The van der Waals surface area contributed by atoms with E-state index in [0.717, 1.165) is 17.8 Å². The van der Waals surface area contributed by atoms with Gasteiger partial charge in [0.1, 0.15) is 24.2 Å². The lowest BCUT2D eigenvalue weighted by Gasteiger charge is -2.16. The summed E-state index contributed by atoms with van der Waals surface area (Å²) in [5.41, 5.74) is 3.76. The van der Waals surface area contributed by atoms with E-state index in [1.165, 1.54) is 18.2 Å². The summed E-state index contributed by atoms with van der Waals surface area (Å²) in [6.07, 6.45) is 1.68. The highest BCUT2D eigenvalue weighted by molar-refractivity contribution is 6.76. The minimum atomic E-state index is -1.19. The lowest BCUT2D eigenvalue weighted by molar-refractivity contribution is 0.0858. The topological polar surface area (TPSA) is 42.8 Å². The predicted molar refractivity (Wildman–Crippen MR) is 133 cm³/mol. The number of hydrogen-bond donors (Lipinski definition) is 1. The van der Waals surface area contributed by atoms with Crippen LogP contribution in [-0.4, -0.2) is 29.2 Å². The Morgan fingerprint density at radius 1 is 1.09 bits per heavy atom. The summed E-state index contributed by atoms with van der Waals surface area (Å²) < 4.78 is 50.1. The van der Waals surface area contributed by atoms with Crippen LogP contribution in [0.5, 0.6) is 0 Å². The lowest BCUT2D eigenvalue weighted by atomic mass is 9.96. The number of H-pyrrole nitrogens is 1. The second-order valence-corrected chi connectivity index (χ2v) is 15.3. The van der Waals surface area contributed by atoms with E-state index in [0.29, 0.717) is 46.8 Å². The summed E-state index contributed by atoms with van der Waals surface area (Å²) in [7, 11) is -1.19. The molecule has 0 radical (unpaired) electrons. The fraction of sp³-hybridized carbons (Fsp3) is 0.269. The second-order valence-electron chi connectivity index (χ2n) is 9.67. The van der Waals surface area contributed by atoms with Crippen LogP contribution in [0.2, 0.25) is 25.7 Å². The van der Waals surface area contributed by atoms with Crippen molar-refractivity contribution >= 4 is 24.5 Å². The molecule has 178 valence electrons. The van der Waals surface area contributed by atoms with Crippen molar-refractivity contribution in [3.8, 4) is 11.3 Å². The van der Waals surface area contributed by atoms with Gasteiger partial charge in [-0.3, -0.25) is 0 Å². The van der Waals surface area contributed by atoms with Gasteiger partial charge in [0.2, 0.25) is 0 Å². The molecule has 2 aromatic heterocycles. The van der Waals surface area contributed by atoms with Crippen molar-refractivity contribution in [1.29, 1.82) is 0 Å². The number of aromatic nitrogens is 3. The van der Waals surface area contributed by atoms with E-state index in [1.807, 2.05) is 11.5 Å². The summed E-state index contributed by atoms with van der Waals surface area (Å²) >= 11 is 0. The van der Waals surface area contributed by atoms with E-state index in [2.05, 4.69) is 36.2 Å². The predicted octanol–water partition coefficient (Wildman–Crippen LogP) is 7.13. The fourth-order valence-electron chi connectivity index (χ4n) is 3.90. The number of ether oxygens (including phenoxy) is 1. The van der Waals surface area contributed by atoms with Crippen molar-refractivity contribution in [3.05, 3.63) is 83.7 Å². The molecular weight excluding hydrogens is 455 g/mol. The Morgan fingerprint density at radius 3 is 2.47 bits per heavy atom. The molecule has 0 saturated carbocycles. The number of benzene rings is 2. The average molecular weight is 484 g/mol. The Balaban J connectivity index is 1.73. The van der Waals surface area contributed by atoms with Crippen molar-refractivity contribution in [3.63, 3.8) is 0 Å². The molecule has 0 spiro atoms. The molecule has 0 bridgehead atoms. The third kappa shape index (κ3) is 4.88. The number of imidazole rings is 1. The van der Waals surface area contributed by atoms with Gasteiger partial charge in [-0.15, -0.1) is 0 Å². The van der Waals surface area contributed by atoms with Gasteiger partial charge in [0.05, 0.1) is 23.2 Å². The number of fused-ring (bicyclic) bond motifs is 1. The highest BCUT2D eigenvalue weighted by Gasteiger charge is 2.23. The van der Waals surface area contributed by atoms with Gasteiger partial charge < -0.3 is 14.3 Å². The van der Waals surface area contributed by atoms with Gasteiger partial charge in [-0.2, -0.15) is 0 Å². The van der Waals surface area contributed by atoms with Crippen LogP contribution < -0.4 is 0 Å². The normalized spacial score (nSPS) is 12.0. The van der Waals surface area contributed by atoms with Crippen LogP contribution in [0.15, 0.2) is 49.3 Å². The number of nitrogens with zero attached hydrogens (tertiary/aromatic N) is 2. The van der Waals surface area contributed by atoms with E-state index in [4.69, 9.17) is 4.74 Å². The molecular formula is C26H28F3N3OSi. The zero-order valence-corrected chi connectivity index (χ0v) is 20.8. The molecule has 4 nitrogen and oxygen atoms in total. The number of rotatable bonds is 8. The Morgan fingerprint density at radius 2 is 1.79 bits per heavy atom. The summed E-state index contributed by atoms with van der Waals surface area (Å²) in [6, 6.07) is 8.98. The molecule has 0 aliphatic carbocycles. The molecule has 8 heteroatoms. The van der Waals surface area contributed by atoms with Crippen LogP contribution in [-0.2, 0) is 11.5 Å². The molecule has 34 heavy (non-hydrogen) atoms. The number of nitrogens with one attached hydrogen (secondary N) is 1. The molecule has 0 amide bonds. The molecule has 0 aliphatic rings. The molecule has 2 heterocycles. The highest BCUT2D eigenvalue weighted by Crippen LogP contribution is 2.39. The SMILES string of the molecule is C=C(c1ncn(COCC[Si](C)(C)C)c1C)c1c(-c2ccc(F)cc2)[nH]c2c(F)cc(F)cc12. The van der Waals surface area contributed by atoms with Crippen LogP contribution in [0, 0.1) is 24.4 Å². The van der Waals surface area contributed by atoms with Crippen molar-refractivity contribution in [1.82, 2.24) is 14.5 Å². The van der Waals surface area contributed by atoms with Gasteiger partial charge in [0.15, 0.2) is 0 Å². The molecule has 0 fully saturated rings. The Kier molecular flexibility index (Phi) is 6.55. The minimum absolute atomic E-state index is 0.156. The molecule has 4 rings (SSSR count). The van der Waals surface area contributed by atoms with E-state index in [1.54, 1.807) is 18.5 Å². The first-order chi connectivity index (χ1) is 16.0. The van der Waals surface area contributed by atoms with Gasteiger partial charge in [0.25, 0.3) is 0 Å². The van der Waals surface area contributed by atoms with Crippen LogP contribution in [0.3, 0.4) is 0 Å². The quantitative estimate of drug-likeness (QED) is 0.214. The third-order valence-corrected chi connectivity index (χ3v) is 7.58. The molecule has 1 N–H and O–H groups in total. The summed E-state index contributed by atoms with van der Waals surface area (Å²) in [4.78, 5) is 7.58. The number of hydrogen-bond acceptors (Lipinski definition) is 2. The van der Waals surface area contributed by atoms with Crippen molar-refractivity contribution < 1.29 is 17.9 Å². The van der Waals surface area contributed by atoms with E-state index in [9.17, 15) is 13.2 Å². The smallest absolute Gasteiger partial charge is 0.150 e. The first-order valence-corrected chi connectivity index (χ1v) is 14.8. The van der Waals surface area contributed by atoms with Crippen molar-refractivity contribution in [2.75, 3.05) is 6.61 Å². The van der Waals surface area contributed by atoms with E-state index in [-0.39, 0.29) is 11.3 Å². The Bertz CT molecular complexity index is 1350. The summed E-state index contributed by atoms with van der Waals surface area (Å²) in [6.45, 7) is 14.1. The third-order valence-electron chi connectivity index (χ3n) is 5.87. The summed E-state index contributed by atoms with van der Waals surface area (Å²) in [5.74, 6) is -1.79. The Labute approximate surface area is 198 Å². The maximum absolute atomic E-state index is 14.6. The molecule has 2 aromatic carbocycles. The Hall–Kier alpha value is -3.10. The number of aromatic amines is 1. The van der Waals surface area contributed by atoms with Gasteiger partial charge >= 0.3 is 0 Å². The maximum atomic E-state index is 14.6. The minimum Gasteiger partial charge on any atom is -0.361 e. The molecule has 0 saturated heterocycles. The molecule has 4 aromatic rings. The first kappa shape index (κ1) is 24.0.